The molecule has 0 radical (unpaired) electrons. The Labute approximate surface area is 229 Å². The van der Waals surface area contributed by atoms with E-state index >= 15 is 0 Å². The van der Waals surface area contributed by atoms with Crippen LogP contribution >= 0.6 is 0 Å². The third kappa shape index (κ3) is 5.43. The molecular formula is C30H44F3N5O. The number of hydrogen-bond acceptors (Lipinski definition) is 4. The standard InChI is InChI=1S/C30H44F3N5O/c1-19-6-5-11-36(15-19)16-21-12-25(30(31,32)33)26-18-37(29(39)38(26)17-21)24-10-4-9-23(13-24)27(22-7-3-8-22)28-20(2)14-34-35-28/h12,17-20,22-24,27-28,34-35H,3-11,13-16H2,1-2H3/t19-,20?,23?,24?,27-,28?/m0/s1. The Hall–Kier alpha value is -1.84. The Bertz CT molecular complexity index is 1220. The number of likely N-dealkylation sites (tertiary alicyclic amines) is 1. The Morgan fingerprint density at radius 1 is 1.03 bits per heavy atom. The number of fused-ring (bicyclic) bond motifs is 1. The van der Waals surface area contributed by atoms with Crippen molar-refractivity contribution in [3.63, 3.8) is 0 Å². The van der Waals surface area contributed by atoms with Crippen LogP contribution in [0.1, 0.15) is 88.8 Å². The number of piperidine rings is 1. The summed E-state index contributed by atoms with van der Waals surface area (Å²) in [5, 5.41) is 0. The third-order valence-corrected chi connectivity index (χ3v) is 10.3. The van der Waals surface area contributed by atoms with Crippen molar-refractivity contribution in [2.24, 2.45) is 29.6 Å². The van der Waals surface area contributed by atoms with Crippen LogP contribution < -0.4 is 16.5 Å². The summed E-state index contributed by atoms with van der Waals surface area (Å²) >= 11 is 0. The second kappa shape index (κ2) is 10.9. The molecule has 9 heteroatoms. The molecule has 2 saturated carbocycles. The Morgan fingerprint density at radius 3 is 2.46 bits per heavy atom. The van der Waals surface area contributed by atoms with Crippen LogP contribution in [0.25, 0.3) is 5.52 Å². The summed E-state index contributed by atoms with van der Waals surface area (Å²) in [6, 6.07) is 1.63. The summed E-state index contributed by atoms with van der Waals surface area (Å²) in [5.74, 6) is 2.81. The minimum Gasteiger partial charge on any atom is -0.299 e. The fourth-order valence-electron chi connectivity index (χ4n) is 8.21. The smallest absolute Gasteiger partial charge is 0.299 e. The molecule has 4 unspecified atom stereocenters. The first-order valence-corrected chi connectivity index (χ1v) is 15.2. The van der Waals surface area contributed by atoms with Gasteiger partial charge in [0.05, 0.1) is 11.1 Å². The van der Waals surface area contributed by atoms with Gasteiger partial charge < -0.3 is 0 Å². The summed E-state index contributed by atoms with van der Waals surface area (Å²) in [5.41, 5.74) is 6.42. The van der Waals surface area contributed by atoms with Gasteiger partial charge in [-0.1, -0.05) is 39.5 Å². The molecule has 0 bridgehead atoms. The highest BCUT2D eigenvalue weighted by Gasteiger charge is 2.44. The predicted molar refractivity (Wildman–Crippen MR) is 146 cm³/mol. The summed E-state index contributed by atoms with van der Waals surface area (Å²) in [4.78, 5) is 15.9. The molecule has 2 N–H and O–H groups in total. The van der Waals surface area contributed by atoms with Crippen molar-refractivity contribution in [2.45, 2.75) is 96.4 Å². The lowest BCUT2D eigenvalue weighted by Gasteiger charge is -2.45. The molecule has 6 atom stereocenters. The molecule has 39 heavy (non-hydrogen) atoms. The molecular weight excluding hydrogens is 503 g/mol. The molecule has 2 aromatic heterocycles. The fourth-order valence-corrected chi connectivity index (χ4v) is 8.21. The molecule has 6 rings (SSSR count). The van der Waals surface area contributed by atoms with Gasteiger partial charge in [-0.2, -0.15) is 13.2 Å². The van der Waals surface area contributed by atoms with Gasteiger partial charge in [-0.05, 0) is 79.9 Å². The highest BCUT2D eigenvalue weighted by atomic mass is 19.4. The van der Waals surface area contributed by atoms with Crippen LogP contribution in [-0.4, -0.2) is 39.5 Å². The third-order valence-electron chi connectivity index (χ3n) is 10.3. The fraction of sp³-hybridized carbons (Fsp3) is 0.767. The number of aromatic nitrogens is 2. The maximum absolute atomic E-state index is 14.3. The lowest BCUT2D eigenvalue weighted by Crippen LogP contribution is -2.47. The molecule has 4 aliphatic rings. The highest BCUT2D eigenvalue weighted by molar-refractivity contribution is 5.56. The van der Waals surface area contributed by atoms with Gasteiger partial charge in [-0.15, -0.1) is 0 Å². The van der Waals surface area contributed by atoms with Crippen molar-refractivity contribution in [3.05, 3.63) is 40.1 Å². The van der Waals surface area contributed by atoms with Gasteiger partial charge >= 0.3 is 11.9 Å². The van der Waals surface area contributed by atoms with Crippen molar-refractivity contribution < 1.29 is 13.2 Å². The van der Waals surface area contributed by atoms with Crippen molar-refractivity contribution in [1.82, 2.24) is 24.7 Å². The van der Waals surface area contributed by atoms with E-state index in [1.54, 1.807) is 10.8 Å². The van der Waals surface area contributed by atoms with Crippen LogP contribution in [0.5, 0.6) is 0 Å². The first-order chi connectivity index (χ1) is 18.7. The second-order valence-electron chi connectivity index (χ2n) is 13.2. The molecule has 6 nitrogen and oxygen atoms in total. The molecule has 2 saturated heterocycles. The van der Waals surface area contributed by atoms with Crippen LogP contribution in [0.4, 0.5) is 13.2 Å². The Balaban J connectivity index is 1.31. The van der Waals surface area contributed by atoms with Gasteiger partial charge in [0.1, 0.15) is 0 Å². The number of rotatable bonds is 6. The van der Waals surface area contributed by atoms with Crippen molar-refractivity contribution in [3.8, 4) is 0 Å². The number of hydrazine groups is 1. The minimum atomic E-state index is -4.52. The minimum absolute atomic E-state index is 0.0174. The maximum atomic E-state index is 14.3. The van der Waals surface area contributed by atoms with Crippen LogP contribution in [0, 0.1) is 29.6 Å². The van der Waals surface area contributed by atoms with Gasteiger partial charge in [-0.3, -0.25) is 24.7 Å². The van der Waals surface area contributed by atoms with Gasteiger partial charge in [-0.25, -0.2) is 4.79 Å². The van der Waals surface area contributed by atoms with E-state index < -0.39 is 11.7 Å². The van der Waals surface area contributed by atoms with Crippen molar-refractivity contribution in [2.75, 3.05) is 19.6 Å². The lowest BCUT2D eigenvalue weighted by atomic mass is 9.62. The Morgan fingerprint density at radius 2 is 1.79 bits per heavy atom. The molecule has 4 heterocycles. The van der Waals surface area contributed by atoms with Crippen LogP contribution in [0.3, 0.4) is 0 Å². The number of nitrogens with zero attached hydrogens (tertiary/aromatic N) is 3. The predicted octanol–water partition coefficient (Wildman–Crippen LogP) is 5.61. The van der Waals surface area contributed by atoms with Gasteiger partial charge in [0.15, 0.2) is 0 Å². The van der Waals surface area contributed by atoms with E-state index in [2.05, 4.69) is 29.6 Å². The second-order valence-corrected chi connectivity index (χ2v) is 13.2. The van der Waals surface area contributed by atoms with Crippen LogP contribution in [0.15, 0.2) is 23.3 Å². The summed E-state index contributed by atoms with van der Waals surface area (Å²) in [6.45, 7) is 7.66. The number of halogens is 3. The largest absolute Gasteiger partial charge is 0.418 e. The quantitative estimate of drug-likeness (QED) is 0.494. The van der Waals surface area contributed by atoms with Crippen LogP contribution in [0.2, 0.25) is 0 Å². The number of nitrogens with one attached hydrogen (secondary N) is 2. The van der Waals surface area contributed by atoms with Crippen molar-refractivity contribution in [1.29, 1.82) is 0 Å². The molecule has 216 valence electrons. The molecule has 0 spiro atoms. The monoisotopic (exact) mass is 547 g/mol. The molecule has 2 aromatic rings. The van der Waals surface area contributed by atoms with Crippen molar-refractivity contribution >= 4 is 5.52 Å². The topological polar surface area (TPSA) is 53.7 Å². The number of imidazole rings is 1. The van der Waals surface area contributed by atoms with Crippen LogP contribution in [-0.2, 0) is 12.7 Å². The maximum Gasteiger partial charge on any atom is 0.418 e. The molecule has 4 fully saturated rings. The first kappa shape index (κ1) is 27.3. The normalized spacial score (nSPS) is 32.0. The van der Waals surface area contributed by atoms with E-state index in [1.807, 2.05) is 0 Å². The van der Waals surface area contributed by atoms with E-state index in [4.69, 9.17) is 0 Å². The number of pyridine rings is 1. The number of hydrogen-bond donors (Lipinski definition) is 2. The van der Waals surface area contributed by atoms with Gasteiger partial charge in [0.2, 0.25) is 0 Å². The highest BCUT2D eigenvalue weighted by Crippen LogP contribution is 2.47. The van der Waals surface area contributed by atoms with Gasteiger partial charge in [0.25, 0.3) is 0 Å². The zero-order chi connectivity index (χ0) is 27.3. The molecule has 2 aliphatic heterocycles. The first-order valence-electron chi connectivity index (χ1n) is 15.2. The van der Waals surface area contributed by atoms with E-state index in [1.165, 1.54) is 35.9 Å². The zero-order valence-electron chi connectivity index (χ0n) is 23.3. The SMILES string of the molecule is CC1CNNC1[C@@H](C1CCC1)C1CCCC(n2cc3c(C(F)(F)F)cc(CN4CCC[C@H](C)C4)cn3c2=O)C1. The lowest BCUT2D eigenvalue weighted by molar-refractivity contribution is -0.136. The van der Waals surface area contributed by atoms with E-state index in [0.717, 1.165) is 58.2 Å². The van der Waals surface area contributed by atoms with Gasteiger partial charge in [0, 0.05) is 44.1 Å². The number of alkyl halides is 3. The van der Waals surface area contributed by atoms with E-state index in [0.29, 0.717) is 47.7 Å². The van der Waals surface area contributed by atoms with E-state index in [-0.39, 0.29) is 17.2 Å². The summed E-state index contributed by atoms with van der Waals surface area (Å²) < 4.78 is 45.8. The molecule has 2 aliphatic carbocycles. The Kier molecular flexibility index (Phi) is 7.61. The summed E-state index contributed by atoms with van der Waals surface area (Å²) in [7, 11) is 0. The zero-order valence-corrected chi connectivity index (χ0v) is 23.3. The average molecular weight is 548 g/mol. The molecule has 0 amide bonds. The summed E-state index contributed by atoms with van der Waals surface area (Å²) in [6.07, 6.45) is 8.53. The molecule has 0 aromatic carbocycles. The van der Waals surface area contributed by atoms with E-state index in [9.17, 15) is 18.0 Å². The average Bonchev–Trinajstić information content (AvgIpc) is 3.43.